The molecule has 0 aliphatic heterocycles. The molecule has 0 unspecified atom stereocenters. The third-order valence-corrected chi connectivity index (χ3v) is 1.96. The Morgan fingerprint density at radius 3 is 2.53 bits per heavy atom. The van der Waals surface area contributed by atoms with Crippen molar-refractivity contribution in [3.63, 3.8) is 0 Å². The number of hydrogen-bond donors (Lipinski definition) is 2. The van der Waals surface area contributed by atoms with Gasteiger partial charge in [0.1, 0.15) is 5.56 Å². The van der Waals surface area contributed by atoms with Gasteiger partial charge in [-0.05, 0) is 0 Å². The van der Waals surface area contributed by atoms with Crippen LogP contribution in [-0.2, 0) is 5.88 Å². The van der Waals surface area contributed by atoms with E-state index in [1.54, 1.807) is 0 Å². The van der Waals surface area contributed by atoms with Gasteiger partial charge in [0.25, 0.3) is 5.88 Å². The van der Waals surface area contributed by atoms with Gasteiger partial charge in [-0.1, -0.05) is 0 Å². The van der Waals surface area contributed by atoms with E-state index in [-0.39, 0.29) is 11.4 Å². The molecule has 17 heavy (non-hydrogen) atoms. The van der Waals surface area contributed by atoms with Crippen LogP contribution in [0.5, 0.6) is 11.6 Å². The monoisotopic (exact) mass is 271 g/mol. The van der Waals surface area contributed by atoms with Crippen LogP contribution in [0.2, 0.25) is 0 Å². The van der Waals surface area contributed by atoms with Crippen LogP contribution in [0.15, 0.2) is 6.20 Å². The second-order valence-corrected chi connectivity index (χ2v) is 3.07. The Kier molecular flexibility index (Phi) is 3.66. The van der Waals surface area contributed by atoms with Crippen LogP contribution in [-0.4, -0.2) is 27.5 Å². The van der Waals surface area contributed by atoms with Gasteiger partial charge in [-0.3, -0.25) is 0 Å². The van der Waals surface area contributed by atoms with Crippen LogP contribution in [0.4, 0.5) is 13.2 Å². The van der Waals surface area contributed by atoms with Crippen molar-refractivity contribution in [1.82, 2.24) is 4.98 Å². The summed E-state index contributed by atoms with van der Waals surface area (Å²) in [5, 5.41) is 18.0. The minimum atomic E-state index is -5.08. The molecule has 0 fully saturated rings. The second kappa shape index (κ2) is 4.66. The first kappa shape index (κ1) is 13.4. The van der Waals surface area contributed by atoms with Crippen LogP contribution < -0.4 is 4.74 Å². The highest BCUT2D eigenvalue weighted by Crippen LogP contribution is 2.34. The van der Waals surface area contributed by atoms with Gasteiger partial charge in [0.05, 0.1) is 0 Å². The fourth-order valence-corrected chi connectivity index (χ4v) is 1.25. The molecule has 5 nitrogen and oxygen atoms in total. The first-order valence-electron chi connectivity index (χ1n) is 4.02. The molecule has 1 aromatic rings. The van der Waals surface area contributed by atoms with Gasteiger partial charge in [-0.15, -0.1) is 24.8 Å². The minimum Gasteiger partial charge on any atom is -0.502 e. The number of aromatic carboxylic acids is 1. The number of hydrogen-bond acceptors (Lipinski definition) is 4. The molecule has 9 heteroatoms. The predicted molar refractivity (Wildman–Crippen MR) is 49.1 cm³/mol. The topological polar surface area (TPSA) is 79.7 Å². The summed E-state index contributed by atoms with van der Waals surface area (Å²) in [5.74, 6) is -4.40. The number of carboxylic acids is 1. The molecule has 0 aliphatic carbocycles. The molecule has 1 heterocycles. The minimum absolute atomic E-state index is 0.119. The number of alkyl halides is 4. The summed E-state index contributed by atoms with van der Waals surface area (Å²) >= 11 is 5.36. The summed E-state index contributed by atoms with van der Waals surface area (Å²) < 4.78 is 39.0. The van der Waals surface area contributed by atoms with Crippen molar-refractivity contribution in [3.05, 3.63) is 17.3 Å². The molecule has 94 valence electrons. The lowest BCUT2D eigenvalue weighted by Gasteiger charge is -2.12. The molecule has 0 amide bonds. The number of carbonyl (C=O) groups is 1. The number of pyridine rings is 1. The Morgan fingerprint density at radius 2 is 2.12 bits per heavy atom. The summed E-state index contributed by atoms with van der Waals surface area (Å²) in [6.07, 6.45) is -4.29. The summed E-state index contributed by atoms with van der Waals surface area (Å²) in [6.45, 7) is 0. The first-order valence-corrected chi connectivity index (χ1v) is 4.55. The lowest BCUT2D eigenvalue weighted by atomic mass is 10.1. The van der Waals surface area contributed by atoms with Gasteiger partial charge >= 0.3 is 12.3 Å². The van der Waals surface area contributed by atoms with Gasteiger partial charge in [-0.25, -0.2) is 9.78 Å². The molecule has 2 N–H and O–H groups in total. The van der Waals surface area contributed by atoms with Crippen molar-refractivity contribution < 1.29 is 32.9 Å². The highest BCUT2D eigenvalue weighted by molar-refractivity contribution is 6.17. The number of nitrogens with zero attached hydrogens (tertiary/aromatic N) is 1. The van der Waals surface area contributed by atoms with Crippen LogP contribution in [0.1, 0.15) is 15.9 Å². The summed E-state index contributed by atoms with van der Waals surface area (Å²) in [4.78, 5) is 13.9. The maximum Gasteiger partial charge on any atom is 0.574 e. The molecule has 0 saturated heterocycles. The van der Waals surface area contributed by atoms with Crippen LogP contribution >= 0.6 is 11.6 Å². The Labute approximate surface area is 97.4 Å². The Hall–Kier alpha value is -1.70. The van der Waals surface area contributed by atoms with Crippen molar-refractivity contribution in [1.29, 1.82) is 0 Å². The molecule has 0 radical (unpaired) electrons. The van der Waals surface area contributed by atoms with E-state index in [0.717, 1.165) is 6.20 Å². The lowest BCUT2D eigenvalue weighted by molar-refractivity contribution is -0.276. The zero-order valence-corrected chi connectivity index (χ0v) is 8.71. The lowest BCUT2D eigenvalue weighted by Crippen LogP contribution is -2.19. The fraction of sp³-hybridized carbons (Fsp3) is 0.250. The predicted octanol–water partition coefficient (Wildman–Crippen LogP) is 2.12. The summed E-state index contributed by atoms with van der Waals surface area (Å²) in [7, 11) is 0. The zero-order chi connectivity index (χ0) is 13.2. The Bertz CT molecular complexity index is 449. The smallest absolute Gasteiger partial charge is 0.502 e. The van der Waals surface area contributed by atoms with Crippen molar-refractivity contribution >= 4 is 17.6 Å². The standard InChI is InChI=1S/C8H5ClF3NO4/c9-1-3-2-13-6(17-8(10,11)12)5(14)4(3)7(15)16/h2,14H,1H2,(H,15,16). The van der Waals surface area contributed by atoms with Crippen molar-refractivity contribution in [2.75, 3.05) is 0 Å². The van der Waals surface area contributed by atoms with Crippen molar-refractivity contribution in [2.24, 2.45) is 0 Å². The SMILES string of the molecule is O=C(O)c1c(CCl)cnc(OC(F)(F)F)c1O. The number of aromatic hydroxyl groups is 1. The van der Waals surface area contributed by atoms with Gasteiger partial charge in [0.15, 0.2) is 5.75 Å². The van der Waals surface area contributed by atoms with Gasteiger partial charge in [0.2, 0.25) is 0 Å². The maximum absolute atomic E-state index is 11.9. The normalized spacial score (nSPS) is 11.3. The molecular weight excluding hydrogens is 267 g/mol. The maximum atomic E-state index is 11.9. The number of halogens is 4. The third-order valence-electron chi connectivity index (χ3n) is 1.67. The van der Waals surface area contributed by atoms with E-state index in [9.17, 15) is 23.1 Å². The third kappa shape index (κ3) is 3.13. The summed E-state index contributed by atoms with van der Waals surface area (Å²) in [5.41, 5.74) is -0.888. The van der Waals surface area contributed by atoms with Gasteiger partial charge in [0, 0.05) is 17.6 Å². The van der Waals surface area contributed by atoms with Gasteiger partial charge in [-0.2, -0.15) is 0 Å². The van der Waals surface area contributed by atoms with E-state index in [1.165, 1.54) is 0 Å². The molecule has 0 atom stereocenters. The Morgan fingerprint density at radius 1 is 1.53 bits per heavy atom. The van der Waals surface area contributed by atoms with Crippen molar-refractivity contribution in [3.8, 4) is 11.6 Å². The molecule has 0 aliphatic rings. The zero-order valence-electron chi connectivity index (χ0n) is 7.95. The molecule has 0 bridgehead atoms. The average molecular weight is 272 g/mol. The van der Waals surface area contributed by atoms with Crippen LogP contribution in [0, 0.1) is 0 Å². The number of ether oxygens (including phenoxy) is 1. The molecule has 0 spiro atoms. The largest absolute Gasteiger partial charge is 0.574 e. The summed E-state index contributed by atoms with van der Waals surface area (Å²) in [6, 6.07) is 0. The quantitative estimate of drug-likeness (QED) is 0.823. The number of rotatable bonds is 3. The van der Waals surface area contributed by atoms with E-state index in [2.05, 4.69) is 9.72 Å². The number of aromatic nitrogens is 1. The highest BCUT2D eigenvalue weighted by Gasteiger charge is 2.34. The van der Waals surface area contributed by atoms with E-state index in [0.29, 0.717) is 0 Å². The first-order chi connectivity index (χ1) is 7.76. The van der Waals surface area contributed by atoms with Gasteiger partial charge < -0.3 is 14.9 Å². The fourth-order valence-electron chi connectivity index (χ4n) is 1.05. The molecule has 0 saturated carbocycles. The van der Waals surface area contributed by atoms with E-state index in [4.69, 9.17) is 16.7 Å². The second-order valence-electron chi connectivity index (χ2n) is 2.80. The van der Waals surface area contributed by atoms with Crippen LogP contribution in [0.3, 0.4) is 0 Å². The van der Waals surface area contributed by atoms with E-state index >= 15 is 0 Å². The van der Waals surface area contributed by atoms with E-state index in [1.807, 2.05) is 0 Å². The molecular formula is C8H5ClF3NO4. The van der Waals surface area contributed by atoms with Crippen LogP contribution in [0.25, 0.3) is 0 Å². The average Bonchev–Trinajstić information content (AvgIpc) is 2.18. The highest BCUT2D eigenvalue weighted by atomic mass is 35.5. The Balaban J connectivity index is 3.28. The molecule has 1 rings (SSSR count). The van der Waals surface area contributed by atoms with Crippen molar-refractivity contribution in [2.45, 2.75) is 12.2 Å². The van der Waals surface area contributed by atoms with E-state index < -0.39 is 29.5 Å². The molecule has 1 aromatic heterocycles. The molecule has 0 aromatic carbocycles. The number of carboxylic acid groups (broad SMARTS) is 1.